The lowest BCUT2D eigenvalue weighted by Gasteiger charge is -2.27. The average Bonchev–Trinajstić information content (AvgIpc) is 3.34. The fourth-order valence-electron chi connectivity index (χ4n) is 4.58. The minimum atomic E-state index is -0.691. The number of ether oxygens (including phenoxy) is 3. The van der Waals surface area contributed by atoms with Crippen LogP contribution in [0.5, 0.6) is 5.75 Å². The van der Waals surface area contributed by atoms with Gasteiger partial charge in [-0.3, -0.25) is 9.59 Å². The van der Waals surface area contributed by atoms with Crippen molar-refractivity contribution < 1.29 is 23.8 Å². The maximum absolute atomic E-state index is 13.3. The highest BCUT2D eigenvalue weighted by atomic mass is 16.5. The Bertz CT molecular complexity index is 810. The number of benzene rings is 1. The van der Waals surface area contributed by atoms with E-state index in [9.17, 15) is 9.59 Å². The molecule has 2 fully saturated rings. The SMILES string of the molecule is COCCN(C)C(=O)[C@@H]1[C@@H]2C=C[C@@]3(CN(Cc4cccc(OC)c4)C(=O)[C@@H]13)O2. The van der Waals surface area contributed by atoms with E-state index in [2.05, 4.69) is 0 Å². The first-order valence-corrected chi connectivity index (χ1v) is 9.52. The Hall–Kier alpha value is -2.38. The molecule has 3 heterocycles. The third-order valence-corrected chi connectivity index (χ3v) is 5.98. The number of methoxy groups -OCH3 is 2. The van der Waals surface area contributed by atoms with Crippen molar-refractivity contribution in [3.8, 4) is 5.75 Å². The van der Waals surface area contributed by atoms with E-state index in [0.717, 1.165) is 11.3 Å². The highest BCUT2D eigenvalue weighted by Gasteiger charge is 2.67. The van der Waals surface area contributed by atoms with Crippen molar-refractivity contribution in [3.05, 3.63) is 42.0 Å². The van der Waals surface area contributed by atoms with E-state index in [-0.39, 0.29) is 17.9 Å². The van der Waals surface area contributed by atoms with Crippen molar-refractivity contribution in [1.29, 1.82) is 0 Å². The standard InChI is InChI=1S/C21H26N2O5/c1-22(9-10-26-2)19(24)17-16-7-8-21(28-16)13-23(20(25)18(17)21)12-14-5-4-6-15(11-14)27-3/h4-8,11,16-18H,9-10,12-13H2,1-3H3/t16-,17+,18+,21-/m0/s1. The van der Waals surface area contributed by atoms with Crippen LogP contribution in [0.4, 0.5) is 0 Å². The third-order valence-electron chi connectivity index (χ3n) is 5.98. The Morgan fingerprint density at radius 1 is 1.39 bits per heavy atom. The summed E-state index contributed by atoms with van der Waals surface area (Å²) >= 11 is 0. The van der Waals surface area contributed by atoms with Crippen molar-refractivity contribution in [1.82, 2.24) is 9.80 Å². The first kappa shape index (κ1) is 19.0. The van der Waals surface area contributed by atoms with Gasteiger partial charge >= 0.3 is 0 Å². The Kier molecular flexibility index (Phi) is 4.89. The van der Waals surface area contributed by atoms with E-state index in [1.165, 1.54) is 0 Å². The fourth-order valence-corrected chi connectivity index (χ4v) is 4.58. The molecular formula is C21H26N2O5. The molecule has 0 unspecified atom stereocenters. The predicted octanol–water partition coefficient (Wildman–Crippen LogP) is 1.08. The predicted molar refractivity (Wildman–Crippen MR) is 102 cm³/mol. The lowest BCUT2D eigenvalue weighted by atomic mass is 9.76. The quantitative estimate of drug-likeness (QED) is 0.656. The van der Waals surface area contributed by atoms with E-state index >= 15 is 0 Å². The number of likely N-dealkylation sites (tertiary alicyclic amines) is 1. The number of hydrogen-bond acceptors (Lipinski definition) is 5. The van der Waals surface area contributed by atoms with Gasteiger partial charge in [-0.25, -0.2) is 0 Å². The number of hydrogen-bond donors (Lipinski definition) is 0. The summed E-state index contributed by atoms with van der Waals surface area (Å²) in [6.07, 6.45) is 3.58. The van der Waals surface area contributed by atoms with E-state index in [4.69, 9.17) is 14.2 Å². The van der Waals surface area contributed by atoms with Crippen LogP contribution in [0, 0.1) is 11.8 Å². The number of rotatable bonds is 7. The lowest BCUT2D eigenvalue weighted by Crippen LogP contribution is -2.45. The largest absolute Gasteiger partial charge is 0.497 e. The second kappa shape index (κ2) is 7.22. The molecule has 0 radical (unpaired) electrons. The van der Waals surface area contributed by atoms with Crippen molar-refractivity contribution >= 4 is 11.8 Å². The number of carbonyl (C=O) groups excluding carboxylic acids is 2. The van der Waals surface area contributed by atoms with Crippen LogP contribution >= 0.6 is 0 Å². The molecule has 3 aliphatic heterocycles. The molecule has 0 aromatic heterocycles. The number of likely N-dealkylation sites (N-methyl/N-ethyl adjacent to an activating group) is 1. The van der Waals surface area contributed by atoms with Crippen molar-refractivity contribution in [3.63, 3.8) is 0 Å². The van der Waals surface area contributed by atoms with Crippen LogP contribution in [0.25, 0.3) is 0 Å². The van der Waals surface area contributed by atoms with Gasteiger partial charge in [0.25, 0.3) is 0 Å². The Morgan fingerprint density at radius 3 is 2.96 bits per heavy atom. The molecule has 1 aromatic carbocycles. The molecule has 2 saturated heterocycles. The smallest absolute Gasteiger partial charge is 0.230 e. The molecule has 28 heavy (non-hydrogen) atoms. The highest BCUT2D eigenvalue weighted by Crippen LogP contribution is 2.52. The monoisotopic (exact) mass is 386 g/mol. The number of fused-ring (bicyclic) bond motifs is 1. The molecule has 0 aliphatic carbocycles. The van der Waals surface area contributed by atoms with Crippen LogP contribution in [0.2, 0.25) is 0 Å². The van der Waals surface area contributed by atoms with Crippen LogP contribution in [0.15, 0.2) is 36.4 Å². The van der Waals surface area contributed by atoms with Gasteiger partial charge in [0.2, 0.25) is 11.8 Å². The van der Waals surface area contributed by atoms with Gasteiger partial charge in [0.05, 0.1) is 38.2 Å². The van der Waals surface area contributed by atoms with E-state index in [0.29, 0.717) is 26.2 Å². The minimum Gasteiger partial charge on any atom is -0.497 e. The molecule has 4 atom stereocenters. The van der Waals surface area contributed by atoms with Gasteiger partial charge in [0.15, 0.2) is 0 Å². The number of carbonyl (C=O) groups is 2. The summed E-state index contributed by atoms with van der Waals surface area (Å²) in [5.41, 5.74) is 0.297. The van der Waals surface area contributed by atoms with Crippen LogP contribution in [-0.2, 0) is 25.6 Å². The normalized spacial score (nSPS) is 30.0. The first-order chi connectivity index (χ1) is 13.5. The molecule has 7 heteroatoms. The third kappa shape index (κ3) is 2.99. The molecule has 3 aliphatic rings. The summed E-state index contributed by atoms with van der Waals surface area (Å²) in [6.45, 7) is 1.88. The average molecular weight is 386 g/mol. The molecule has 1 spiro atoms. The summed E-state index contributed by atoms with van der Waals surface area (Å²) in [6, 6.07) is 7.68. The first-order valence-electron chi connectivity index (χ1n) is 9.52. The zero-order valence-corrected chi connectivity index (χ0v) is 16.5. The van der Waals surface area contributed by atoms with Gasteiger partial charge in [-0.1, -0.05) is 24.3 Å². The molecule has 0 saturated carbocycles. The summed E-state index contributed by atoms with van der Waals surface area (Å²) in [5.74, 6) is -0.268. The van der Waals surface area contributed by atoms with E-state index < -0.39 is 17.4 Å². The van der Waals surface area contributed by atoms with Crippen LogP contribution in [0.1, 0.15) is 5.56 Å². The Morgan fingerprint density at radius 2 is 2.21 bits per heavy atom. The molecule has 4 rings (SSSR count). The van der Waals surface area contributed by atoms with E-state index in [1.807, 2.05) is 36.4 Å². The van der Waals surface area contributed by atoms with Gasteiger partial charge in [-0.2, -0.15) is 0 Å². The minimum absolute atomic E-state index is 0.0202. The van der Waals surface area contributed by atoms with E-state index in [1.54, 1.807) is 31.1 Å². The zero-order valence-electron chi connectivity index (χ0n) is 16.5. The molecule has 2 amide bonds. The molecule has 0 N–H and O–H groups in total. The molecule has 1 aromatic rings. The Balaban J connectivity index is 1.54. The lowest BCUT2D eigenvalue weighted by molar-refractivity contribution is -0.142. The van der Waals surface area contributed by atoms with Gasteiger partial charge in [0.1, 0.15) is 11.4 Å². The Labute approximate surface area is 164 Å². The second-order valence-corrected chi connectivity index (χ2v) is 7.70. The summed E-state index contributed by atoms with van der Waals surface area (Å²) in [7, 11) is 4.97. The molecule has 7 nitrogen and oxygen atoms in total. The number of nitrogens with zero attached hydrogens (tertiary/aromatic N) is 2. The summed E-state index contributed by atoms with van der Waals surface area (Å²) in [4.78, 5) is 29.7. The fraction of sp³-hybridized carbons (Fsp3) is 0.524. The topological polar surface area (TPSA) is 68.3 Å². The van der Waals surface area contributed by atoms with Crippen molar-refractivity contribution in [2.24, 2.45) is 11.8 Å². The van der Waals surface area contributed by atoms with Gasteiger partial charge in [-0.15, -0.1) is 0 Å². The van der Waals surface area contributed by atoms with Gasteiger partial charge < -0.3 is 24.0 Å². The van der Waals surface area contributed by atoms with Gasteiger partial charge in [0, 0.05) is 27.2 Å². The number of amides is 2. The van der Waals surface area contributed by atoms with Crippen molar-refractivity contribution in [2.75, 3.05) is 41.0 Å². The zero-order chi connectivity index (χ0) is 19.9. The summed E-state index contributed by atoms with van der Waals surface area (Å²) in [5, 5.41) is 0. The van der Waals surface area contributed by atoms with Crippen LogP contribution in [-0.4, -0.2) is 74.3 Å². The molecular weight excluding hydrogens is 360 g/mol. The maximum Gasteiger partial charge on any atom is 0.230 e. The second-order valence-electron chi connectivity index (χ2n) is 7.70. The molecule has 2 bridgehead atoms. The van der Waals surface area contributed by atoms with Gasteiger partial charge in [-0.05, 0) is 17.7 Å². The molecule has 150 valence electrons. The highest BCUT2D eigenvalue weighted by molar-refractivity contribution is 5.93. The maximum atomic E-state index is 13.3. The van der Waals surface area contributed by atoms with Crippen LogP contribution in [0.3, 0.4) is 0 Å². The van der Waals surface area contributed by atoms with Crippen LogP contribution < -0.4 is 4.74 Å². The summed E-state index contributed by atoms with van der Waals surface area (Å²) < 4.78 is 16.5. The van der Waals surface area contributed by atoms with Crippen molar-refractivity contribution in [2.45, 2.75) is 18.2 Å².